The second-order valence-corrected chi connectivity index (χ2v) is 15.4. The van der Waals surface area contributed by atoms with Crippen molar-refractivity contribution >= 4 is 41.5 Å². The molecule has 35 heavy (non-hydrogen) atoms. The zero-order valence-corrected chi connectivity index (χ0v) is 21.1. The Kier molecular flexibility index (Phi) is 6.19. The number of ether oxygens (including phenoxy) is 1. The largest absolute Gasteiger partial charge is 0.360 e. The van der Waals surface area contributed by atoms with E-state index in [1.54, 1.807) is 35.4 Å². The van der Waals surface area contributed by atoms with Crippen LogP contribution < -0.4 is 5.32 Å². The number of rotatable bonds is 8. The SMILES string of the molecule is C[Si](C)(C)CCOCn1nc(C(=O)Nc2ccncc2)c2cc(-c3cncc4[nH]ccc34)ccc21. The Morgan fingerprint density at radius 1 is 1.06 bits per heavy atom. The lowest BCUT2D eigenvalue weighted by atomic mass is 10.0. The van der Waals surface area contributed by atoms with Gasteiger partial charge in [0, 0.05) is 61.5 Å². The molecule has 4 aromatic heterocycles. The normalized spacial score (nSPS) is 11.9. The Hall–Kier alpha value is -3.82. The van der Waals surface area contributed by atoms with Gasteiger partial charge in [0.1, 0.15) is 6.73 Å². The molecular weight excluding hydrogens is 456 g/mol. The summed E-state index contributed by atoms with van der Waals surface area (Å²) in [6.07, 6.45) is 8.83. The van der Waals surface area contributed by atoms with E-state index in [0.29, 0.717) is 18.0 Å². The summed E-state index contributed by atoms with van der Waals surface area (Å²) in [6, 6.07) is 12.6. The molecule has 1 amide bonds. The highest BCUT2D eigenvalue weighted by molar-refractivity contribution is 6.76. The number of hydrogen-bond donors (Lipinski definition) is 2. The third kappa shape index (κ3) is 5.01. The molecule has 2 N–H and O–H groups in total. The summed E-state index contributed by atoms with van der Waals surface area (Å²) < 4.78 is 7.72. The highest BCUT2D eigenvalue weighted by atomic mass is 28.3. The number of fused-ring (bicyclic) bond motifs is 2. The van der Waals surface area contributed by atoms with Crippen LogP contribution in [0, 0.1) is 0 Å². The first-order valence-electron chi connectivity index (χ1n) is 11.6. The van der Waals surface area contributed by atoms with Gasteiger partial charge in [-0.05, 0) is 41.9 Å². The van der Waals surface area contributed by atoms with E-state index in [9.17, 15) is 4.79 Å². The number of nitrogens with one attached hydrogen (secondary N) is 2. The fraction of sp³-hybridized carbons (Fsp3) is 0.231. The van der Waals surface area contributed by atoms with Gasteiger partial charge in [0.05, 0.1) is 17.2 Å². The number of aromatic nitrogens is 5. The minimum absolute atomic E-state index is 0.280. The van der Waals surface area contributed by atoms with Crippen LogP contribution >= 0.6 is 0 Å². The number of H-pyrrole nitrogens is 1. The van der Waals surface area contributed by atoms with E-state index in [2.05, 4.69) is 45.0 Å². The number of nitrogens with zero attached hydrogens (tertiary/aromatic N) is 4. The molecule has 0 atom stereocenters. The van der Waals surface area contributed by atoms with Crippen molar-refractivity contribution in [1.82, 2.24) is 24.7 Å². The predicted octanol–water partition coefficient (Wildman–Crippen LogP) is 5.54. The van der Waals surface area contributed by atoms with Crippen LogP contribution in [-0.2, 0) is 11.5 Å². The number of benzene rings is 1. The van der Waals surface area contributed by atoms with Crippen LogP contribution in [0.15, 0.2) is 67.4 Å². The Morgan fingerprint density at radius 3 is 2.69 bits per heavy atom. The maximum absolute atomic E-state index is 13.3. The van der Waals surface area contributed by atoms with Crippen molar-refractivity contribution in [3.05, 3.63) is 73.1 Å². The molecule has 0 fully saturated rings. The van der Waals surface area contributed by atoms with Crippen molar-refractivity contribution < 1.29 is 9.53 Å². The summed E-state index contributed by atoms with van der Waals surface area (Å²) in [5.41, 5.74) is 4.77. The molecule has 0 saturated heterocycles. The van der Waals surface area contributed by atoms with E-state index in [0.717, 1.165) is 39.0 Å². The molecule has 178 valence electrons. The quantitative estimate of drug-likeness (QED) is 0.223. The lowest BCUT2D eigenvalue weighted by Gasteiger charge is -2.15. The molecule has 9 heteroatoms. The molecule has 0 unspecified atom stereocenters. The van der Waals surface area contributed by atoms with E-state index in [-0.39, 0.29) is 12.6 Å². The molecular formula is C26H28N6O2Si. The number of anilines is 1. The molecule has 0 spiro atoms. The topological polar surface area (TPSA) is 97.7 Å². The van der Waals surface area contributed by atoms with E-state index >= 15 is 0 Å². The lowest BCUT2D eigenvalue weighted by Crippen LogP contribution is -2.22. The van der Waals surface area contributed by atoms with Gasteiger partial charge in [0.25, 0.3) is 5.91 Å². The smallest absolute Gasteiger partial charge is 0.276 e. The van der Waals surface area contributed by atoms with Gasteiger partial charge in [-0.2, -0.15) is 5.10 Å². The molecule has 0 radical (unpaired) electrons. The number of hydrogen-bond acceptors (Lipinski definition) is 5. The molecule has 0 saturated carbocycles. The maximum atomic E-state index is 13.3. The van der Waals surface area contributed by atoms with Crippen molar-refractivity contribution in [2.24, 2.45) is 0 Å². The zero-order chi connectivity index (χ0) is 24.4. The monoisotopic (exact) mass is 484 g/mol. The van der Waals surface area contributed by atoms with Gasteiger partial charge in [0.2, 0.25) is 0 Å². The standard InChI is InChI=1S/C26H28N6O2Si/c1-35(2,3)13-12-34-17-32-24-5-4-18(22-15-28-16-23-20(22)8-11-29-23)14-21(24)25(31-32)26(33)30-19-6-9-27-10-7-19/h4-11,14-16,29H,12-13,17H2,1-3H3,(H,27,30,33). The molecule has 0 aliphatic heterocycles. The van der Waals surface area contributed by atoms with E-state index in [1.807, 2.05) is 36.7 Å². The first kappa shape index (κ1) is 22.9. The summed E-state index contributed by atoms with van der Waals surface area (Å²) in [5, 5.41) is 9.42. The van der Waals surface area contributed by atoms with Crippen molar-refractivity contribution in [2.45, 2.75) is 32.4 Å². The van der Waals surface area contributed by atoms with Crippen molar-refractivity contribution in [3.8, 4) is 11.1 Å². The van der Waals surface area contributed by atoms with Crippen LogP contribution in [0.2, 0.25) is 25.7 Å². The van der Waals surface area contributed by atoms with Crippen LogP contribution in [0.1, 0.15) is 10.5 Å². The van der Waals surface area contributed by atoms with Crippen LogP contribution in [0.5, 0.6) is 0 Å². The number of carbonyl (C=O) groups is 1. The van der Waals surface area contributed by atoms with Crippen LogP contribution in [0.25, 0.3) is 32.9 Å². The Balaban J connectivity index is 1.53. The van der Waals surface area contributed by atoms with Crippen molar-refractivity contribution in [1.29, 1.82) is 0 Å². The van der Waals surface area contributed by atoms with Gasteiger partial charge >= 0.3 is 0 Å². The second-order valence-electron chi connectivity index (χ2n) is 9.74. The Morgan fingerprint density at radius 2 is 1.89 bits per heavy atom. The van der Waals surface area contributed by atoms with Crippen molar-refractivity contribution in [2.75, 3.05) is 11.9 Å². The molecule has 1 aromatic carbocycles. The highest BCUT2D eigenvalue weighted by Gasteiger charge is 2.20. The van der Waals surface area contributed by atoms with Crippen LogP contribution in [0.4, 0.5) is 5.69 Å². The molecule has 5 rings (SSSR count). The minimum atomic E-state index is -1.20. The third-order valence-corrected chi connectivity index (χ3v) is 7.61. The zero-order valence-electron chi connectivity index (χ0n) is 20.1. The second kappa shape index (κ2) is 9.44. The number of amides is 1. The summed E-state index contributed by atoms with van der Waals surface area (Å²) in [6.45, 7) is 7.93. The third-order valence-electron chi connectivity index (χ3n) is 5.90. The summed E-state index contributed by atoms with van der Waals surface area (Å²) in [5.74, 6) is -0.280. The fourth-order valence-electron chi connectivity index (χ4n) is 3.98. The molecule has 4 heterocycles. The van der Waals surface area contributed by atoms with E-state index < -0.39 is 8.07 Å². The first-order chi connectivity index (χ1) is 16.9. The summed E-state index contributed by atoms with van der Waals surface area (Å²) in [4.78, 5) is 24.9. The van der Waals surface area contributed by atoms with E-state index in [4.69, 9.17) is 4.74 Å². The Labute approximate surface area is 204 Å². The number of carbonyl (C=O) groups excluding carboxylic acids is 1. The minimum Gasteiger partial charge on any atom is -0.360 e. The van der Waals surface area contributed by atoms with Gasteiger partial charge < -0.3 is 15.0 Å². The van der Waals surface area contributed by atoms with Gasteiger partial charge in [0.15, 0.2) is 5.69 Å². The number of pyridine rings is 2. The predicted molar refractivity (Wildman–Crippen MR) is 141 cm³/mol. The van der Waals surface area contributed by atoms with Crippen molar-refractivity contribution in [3.63, 3.8) is 0 Å². The molecule has 5 aromatic rings. The fourth-order valence-corrected chi connectivity index (χ4v) is 4.73. The lowest BCUT2D eigenvalue weighted by molar-refractivity contribution is 0.0809. The first-order valence-corrected chi connectivity index (χ1v) is 15.3. The van der Waals surface area contributed by atoms with E-state index in [1.165, 1.54) is 0 Å². The summed E-state index contributed by atoms with van der Waals surface area (Å²) >= 11 is 0. The van der Waals surface area contributed by atoms with Crippen LogP contribution in [0.3, 0.4) is 0 Å². The molecule has 8 nitrogen and oxygen atoms in total. The van der Waals surface area contributed by atoms with Gasteiger partial charge in [-0.25, -0.2) is 4.68 Å². The average molecular weight is 485 g/mol. The highest BCUT2D eigenvalue weighted by Crippen LogP contribution is 2.31. The molecule has 0 aliphatic carbocycles. The van der Waals surface area contributed by atoms with Crippen LogP contribution in [-0.4, -0.2) is 45.3 Å². The molecule has 0 aliphatic rings. The maximum Gasteiger partial charge on any atom is 0.276 e. The summed E-state index contributed by atoms with van der Waals surface area (Å²) in [7, 11) is -1.20. The number of aromatic amines is 1. The van der Waals surface area contributed by atoms with Gasteiger partial charge in [-0.3, -0.25) is 14.8 Å². The van der Waals surface area contributed by atoms with Gasteiger partial charge in [-0.15, -0.1) is 0 Å². The Bertz CT molecular complexity index is 1490. The van der Waals surface area contributed by atoms with Gasteiger partial charge in [-0.1, -0.05) is 25.7 Å². The molecule has 0 bridgehead atoms. The average Bonchev–Trinajstić information content (AvgIpc) is 3.46.